The minimum Gasteiger partial charge on any atom is -0.369 e. The highest BCUT2D eigenvalue weighted by Gasteiger charge is 2.27. The third kappa shape index (κ3) is 2.25. The predicted molar refractivity (Wildman–Crippen MR) is 70.0 cm³/mol. The molecule has 1 amide bonds. The Balaban J connectivity index is 2.67. The van der Waals surface area contributed by atoms with Gasteiger partial charge in [-0.15, -0.1) is 0 Å². The van der Waals surface area contributed by atoms with Crippen molar-refractivity contribution in [3.63, 3.8) is 0 Å². The second-order valence-electron chi connectivity index (χ2n) is 5.02. The van der Waals surface area contributed by atoms with Gasteiger partial charge in [-0.2, -0.15) is 0 Å². The molecule has 0 spiro atoms. The van der Waals surface area contributed by atoms with Crippen LogP contribution in [-0.4, -0.2) is 15.5 Å². The van der Waals surface area contributed by atoms with Crippen LogP contribution in [0, 0.1) is 21.8 Å². The normalized spacial score (nSPS) is 12.0. The zero-order valence-corrected chi connectivity index (χ0v) is 11.3. The average Bonchev–Trinajstić information content (AvgIpc) is 2.61. The Labute approximate surface area is 113 Å². The van der Waals surface area contributed by atoms with Crippen LogP contribution in [0.25, 0.3) is 11.0 Å². The van der Waals surface area contributed by atoms with Crippen LogP contribution in [0.1, 0.15) is 13.8 Å². The molecule has 0 bridgehead atoms. The van der Waals surface area contributed by atoms with Gasteiger partial charge in [0, 0.05) is 6.54 Å². The molecule has 1 aromatic heterocycles. The van der Waals surface area contributed by atoms with E-state index in [9.17, 15) is 13.6 Å². The summed E-state index contributed by atoms with van der Waals surface area (Å²) in [6.07, 6.45) is 0. The first-order valence-corrected chi connectivity index (χ1v) is 6.01. The molecule has 102 valence electrons. The number of nitrogens with one attached hydrogen (secondary N) is 1. The molecule has 3 N–H and O–H groups in total. The zero-order valence-electron chi connectivity index (χ0n) is 10.5. The van der Waals surface area contributed by atoms with Crippen molar-refractivity contribution in [2.45, 2.75) is 20.4 Å². The van der Waals surface area contributed by atoms with Gasteiger partial charge < -0.3 is 15.3 Å². The molecule has 7 heteroatoms. The van der Waals surface area contributed by atoms with Crippen molar-refractivity contribution < 1.29 is 13.6 Å². The van der Waals surface area contributed by atoms with Crippen LogP contribution < -0.4 is 5.73 Å². The van der Waals surface area contributed by atoms with Crippen LogP contribution in [0.4, 0.5) is 8.78 Å². The smallest absolute Gasteiger partial charge is 0.224 e. The van der Waals surface area contributed by atoms with E-state index in [1.54, 1.807) is 13.8 Å². The second-order valence-corrected chi connectivity index (χ2v) is 5.41. The summed E-state index contributed by atoms with van der Waals surface area (Å²) in [5.41, 5.74) is 4.75. The van der Waals surface area contributed by atoms with Crippen molar-refractivity contribution in [1.29, 1.82) is 0 Å². The van der Waals surface area contributed by atoms with Crippen LogP contribution in [0.5, 0.6) is 0 Å². The minimum atomic E-state index is -0.995. The molecule has 0 atom stereocenters. The van der Waals surface area contributed by atoms with Gasteiger partial charge in [-0.1, -0.05) is 0 Å². The lowest BCUT2D eigenvalue weighted by atomic mass is 9.92. The Bertz CT molecular complexity index is 718. The number of carbonyl (C=O) groups is 1. The van der Waals surface area contributed by atoms with Crippen LogP contribution in [0.3, 0.4) is 0 Å². The van der Waals surface area contributed by atoms with Gasteiger partial charge in [0.25, 0.3) is 0 Å². The van der Waals surface area contributed by atoms with Crippen LogP contribution in [0.15, 0.2) is 12.1 Å². The summed E-state index contributed by atoms with van der Waals surface area (Å²) < 4.78 is 28.7. The largest absolute Gasteiger partial charge is 0.369 e. The number of aromatic amines is 1. The van der Waals surface area contributed by atoms with E-state index in [1.807, 2.05) is 0 Å². The predicted octanol–water partition coefficient (Wildman–Crippen LogP) is 2.49. The second kappa shape index (κ2) is 4.41. The molecule has 2 rings (SSSR count). The number of primary amides is 1. The third-order valence-electron chi connectivity index (χ3n) is 3.05. The number of hydrogen-bond donors (Lipinski definition) is 2. The summed E-state index contributed by atoms with van der Waals surface area (Å²) in [5, 5.41) is 0. The van der Waals surface area contributed by atoms with E-state index in [0.29, 0.717) is 5.52 Å². The molecule has 4 nitrogen and oxygen atoms in total. The van der Waals surface area contributed by atoms with Crippen molar-refractivity contribution >= 4 is 29.2 Å². The summed E-state index contributed by atoms with van der Waals surface area (Å²) in [6.45, 7) is 3.31. The molecule has 1 aromatic carbocycles. The van der Waals surface area contributed by atoms with E-state index < -0.39 is 23.0 Å². The molecule has 1 heterocycles. The highest BCUT2D eigenvalue weighted by Crippen LogP contribution is 2.25. The fourth-order valence-corrected chi connectivity index (χ4v) is 2.08. The van der Waals surface area contributed by atoms with E-state index in [1.165, 1.54) is 10.6 Å². The first kappa shape index (κ1) is 13.7. The van der Waals surface area contributed by atoms with Crippen LogP contribution in [-0.2, 0) is 11.3 Å². The maximum atomic E-state index is 13.9. The molecular weight excluding hydrogens is 272 g/mol. The number of amides is 1. The lowest BCUT2D eigenvalue weighted by Gasteiger charge is -2.21. The number of nitrogens with two attached hydrogens (primary N) is 1. The first-order chi connectivity index (χ1) is 8.74. The van der Waals surface area contributed by atoms with Crippen LogP contribution in [0.2, 0.25) is 0 Å². The van der Waals surface area contributed by atoms with Crippen molar-refractivity contribution in [1.82, 2.24) is 9.55 Å². The quantitative estimate of drug-likeness (QED) is 0.851. The average molecular weight is 285 g/mol. The van der Waals surface area contributed by atoms with E-state index >= 15 is 0 Å². The molecule has 0 saturated heterocycles. The Kier molecular flexibility index (Phi) is 3.17. The molecule has 0 saturated carbocycles. The summed E-state index contributed by atoms with van der Waals surface area (Å²) >= 11 is 5.08. The number of benzene rings is 1. The van der Waals surface area contributed by atoms with E-state index in [0.717, 1.165) is 6.07 Å². The van der Waals surface area contributed by atoms with Gasteiger partial charge in [0.2, 0.25) is 5.91 Å². The number of H-pyrrole nitrogens is 1. The Morgan fingerprint density at radius 1 is 1.47 bits per heavy atom. The maximum Gasteiger partial charge on any atom is 0.224 e. The number of halogens is 2. The number of imidazole rings is 1. The number of rotatable bonds is 3. The fourth-order valence-electron chi connectivity index (χ4n) is 1.81. The molecule has 2 aromatic rings. The van der Waals surface area contributed by atoms with Gasteiger partial charge in [-0.05, 0) is 38.2 Å². The van der Waals surface area contributed by atoms with Crippen molar-refractivity contribution in [2.75, 3.05) is 0 Å². The molecule has 0 aliphatic heterocycles. The van der Waals surface area contributed by atoms with Crippen molar-refractivity contribution in [3.8, 4) is 0 Å². The molecule has 0 aliphatic rings. The zero-order chi connectivity index (χ0) is 14.4. The minimum absolute atomic E-state index is 0.0133. The monoisotopic (exact) mass is 285 g/mol. The fraction of sp³-hybridized carbons (Fsp3) is 0.333. The number of carbonyl (C=O) groups excluding carboxylic acids is 1. The summed E-state index contributed by atoms with van der Waals surface area (Å²) in [5.74, 6) is -2.50. The molecule has 0 unspecified atom stereocenters. The Morgan fingerprint density at radius 3 is 2.68 bits per heavy atom. The number of hydrogen-bond acceptors (Lipinski definition) is 2. The Hall–Kier alpha value is -1.76. The van der Waals surface area contributed by atoms with Gasteiger partial charge in [0.1, 0.15) is 5.52 Å². The van der Waals surface area contributed by atoms with Gasteiger partial charge in [0.15, 0.2) is 16.4 Å². The maximum absolute atomic E-state index is 13.9. The lowest BCUT2D eigenvalue weighted by Crippen LogP contribution is -2.35. The molecule has 0 radical (unpaired) electrons. The Morgan fingerprint density at radius 2 is 2.11 bits per heavy atom. The molecular formula is C12H13F2N3OS. The van der Waals surface area contributed by atoms with Gasteiger partial charge in [0.05, 0.1) is 10.9 Å². The van der Waals surface area contributed by atoms with Crippen molar-refractivity contribution in [3.05, 3.63) is 28.5 Å². The van der Waals surface area contributed by atoms with E-state index in [2.05, 4.69) is 4.98 Å². The van der Waals surface area contributed by atoms with Gasteiger partial charge >= 0.3 is 0 Å². The highest BCUT2D eigenvalue weighted by molar-refractivity contribution is 7.71. The third-order valence-corrected chi connectivity index (χ3v) is 3.37. The SMILES string of the molecule is CC(C)(Cn1c(=S)[nH]c2ccc(F)c(F)c21)C(N)=O. The topological polar surface area (TPSA) is 63.8 Å². The van der Waals surface area contributed by atoms with E-state index in [-0.39, 0.29) is 16.8 Å². The van der Waals surface area contributed by atoms with Gasteiger partial charge in [-0.3, -0.25) is 4.79 Å². The molecule has 0 fully saturated rings. The lowest BCUT2D eigenvalue weighted by molar-refractivity contribution is -0.126. The van der Waals surface area contributed by atoms with Gasteiger partial charge in [-0.25, -0.2) is 8.78 Å². The summed E-state index contributed by atoms with van der Waals surface area (Å²) in [6, 6.07) is 2.42. The summed E-state index contributed by atoms with van der Waals surface area (Å²) in [4.78, 5) is 14.1. The number of nitrogens with zero attached hydrogens (tertiary/aromatic N) is 1. The van der Waals surface area contributed by atoms with Crippen LogP contribution >= 0.6 is 12.2 Å². The number of aromatic nitrogens is 2. The molecule has 0 aliphatic carbocycles. The van der Waals surface area contributed by atoms with E-state index in [4.69, 9.17) is 18.0 Å². The standard InChI is InChI=1S/C12H13F2N3OS/c1-12(2,10(15)18)5-17-9-7(16-11(17)19)4-3-6(13)8(9)14/h3-4H,5H2,1-2H3,(H2,15,18)(H,16,19). The first-order valence-electron chi connectivity index (χ1n) is 5.60. The number of fused-ring (bicyclic) bond motifs is 1. The van der Waals surface area contributed by atoms with Crippen molar-refractivity contribution in [2.24, 2.45) is 11.1 Å². The molecule has 19 heavy (non-hydrogen) atoms. The highest BCUT2D eigenvalue weighted by atomic mass is 32.1. The summed E-state index contributed by atoms with van der Waals surface area (Å²) in [7, 11) is 0.